The summed E-state index contributed by atoms with van der Waals surface area (Å²) in [7, 11) is 0. The van der Waals surface area contributed by atoms with Gasteiger partial charge in [0.05, 0.1) is 29.3 Å². The topological polar surface area (TPSA) is 20.9 Å². The highest BCUT2D eigenvalue weighted by Crippen LogP contribution is 2.59. The van der Waals surface area contributed by atoms with E-state index in [2.05, 4.69) is 188 Å². The fourth-order valence-corrected chi connectivity index (χ4v) is 10.1. The van der Waals surface area contributed by atoms with Crippen LogP contribution in [-0.2, 0) is 18.5 Å². The second-order valence-corrected chi connectivity index (χ2v) is 14.6. The first-order chi connectivity index (χ1) is 25.8. The number of aryl methyl sites for hydroxylation is 2. The van der Waals surface area contributed by atoms with Crippen LogP contribution in [0.4, 0.5) is 17.1 Å². The van der Waals surface area contributed by atoms with Gasteiger partial charge in [-0.05, 0) is 83.1 Å². The second kappa shape index (κ2) is 9.33. The van der Waals surface area contributed by atoms with E-state index < -0.39 is 5.66 Å². The van der Waals surface area contributed by atoms with Crippen molar-refractivity contribution in [2.24, 2.45) is 0 Å². The van der Waals surface area contributed by atoms with Gasteiger partial charge in [0.1, 0.15) is 22.3 Å². The minimum absolute atomic E-state index is 0.658. The SMILES string of the molecule is c1ccc(-c2ccc(-c3cn4[n+](c3)C35c6c-4ccc4c6N(c6ccccc6CC4)c4ccc6c7ccccc7n(c6c43)-c3cccc[n+]35)cc2)cc1. The maximum Gasteiger partial charge on any atom is 0.394 e. The lowest BCUT2D eigenvalue weighted by atomic mass is 9.80. The largest absolute Gasteiger partial charge is 0.394 e. The van der Waals surface area contributed by atoms with Crippen molar-refractivity contribution < 1.29 is 9.25 Å². The van der Waals surface area contributed by atoms with Gasteiger partial charge >= 0.3 is 5.66 Å². The number of rotatable bonds is 2. The maximum atomic E-state index is 2.61. The summed E-state index contributed by atoms with van der Waals surface area (Å²) >= 11 is 0. The van der Waals surface area contributed by atoms with Crippen molar-refractivity contribution in [1.29, 1.82) is 0 Å². The van der Waals surface area contributed by atoms with Crippen LogP contribution in [0.2, 0.25) is 0 Å². The van der Waals surface area contributed by atoms with Gasteiger partial charge in [-0.3, -0.25) is 0 Å². The number of para-hydroxylation sites is 2. The number of aromatic nitrogens is 4. The molecule has 242 valence electrons. The minimum atomic E-state index is -0.658. The summed E-state index contributed by atoms with van der Waals surface area (Å²) in [6.07, 6.45) is 9.06. The third kappa shape index (κ3) is 3.05. The smallest absolute Gasteiger partial charge is 0.308 e. The van der Waals surface area contributed by atoms with Gasteiger partial charge in [-0.2, -0.15) is 9.13 Å². The Bertz CT molecular complexity index is 3020. The summed E-state index contributed by atoms with van der Waals surface area (Å²) in [6, 6.07) is 53.9. The van der Waals surface area contributed by atoms with Crippen LogP contribution in [0.3, 0.4) is 0 Å². The Kier molecular flexibility index (Phi) is 4.86. The highest BCUT2D eigenvalue weighted by atomic mass is 15.5. The van der Waals surface area contributed by atoms with E-state index in [9.17, 15) is 0 Å². The van der Waals surface area contributed by atoms with E-state index in [0.29, 0.717) is 0 Å². The standard InChI is InChI=1S/C47H31N5/c1-2-10-30(11-3-1)31-17-19-32(20-18-31)35-28-49-40-25-23-34-22-21-33-12-4-6-14-38(33)51-41-26-24-37-36-13-5-7-15-39(36)52-42-16-8-9-27-48(42)47(50(49)29-35,43(40)45(34)51)44(41)46(37)52/h1-20,23-29H,21-22H2/q+2. The molecular formula is C47H31N5+2. The molecule has 4 aliphatic rings. The second-order valence-electron chi connectivity index (χ2n) is 14.6. The van der Waals surface area contributed by atoms with Crippen LogP contribution in [0.15, 0.2) is 164 Å². The molecule has 1 spiro atoms. The quantitative estimate of drug-likeness (QED) is 0.169. The van der Waals surface area contributed by atoms with Gasteiger partial charge in [0.15, 0.2) is 5.52 Å². The van der Waals surface area contributed by atoms with Crippen molar-refractivity contribution in [3.63, 3.8) is 0 Å². The van der Waals surface area contributed by atoms with Crippen LogP contribution >= 0.6 is 0 Å². The van der Waals surface area contributed by atoms with Crippen LogP contribution in [-0.4, -0.2) is 9.25 Å². The van der Waals surface area contributed by atoms with E-state index in [1.807, 2.05) is 0 Å². The van der Waals surface area contributed by atoms with Crippen molar-refractivity contribution in [3.05, 3.63) is 186 Å². The number of hydrogen-bond acceptors (Lipinski definition) is 1. The number of nitrogens with zero attached hydrogens (tertiary/aromatic N) is 5. The van der Waals surface area contributed by atoms with E-state index in [1.165, 1.54) is 94.9 Å². The molecule has 9 aromatic rings. The molecule has 0 saturated carbocycles. The third-order valence-corrected chi connectivity index (χ3v) is 12.2. The average Bonchev–Trinajstić information content (AvgIpc) is 3.84. The molecule has 4 aliphatic heterocycles. The van der Waals surface area contributed by atoms with E-state index in [1.54, 1.807) is 0 Å². The van der Waals surface area contributed by atoms with Crippen LogP contribution in [0.5, 0.6) is 0 Å². The fourth-order valence-electron chi connectivity index (χ4n) is 10.1. The van der Waals surface area contributed by atoms with E-state index in [-0.39, 0.29) is 0 Å². The molecule has 5 nitrogen and oxygen atoms in total. The molecule has 5 heteroatoms. The molecule has 0 aliphatic carbocycles. The zero-order chi connectivity index (χ0) is 33.7. The zero-order valence-corrected chi connectivity index (χ0v) is 28.2. The number of anilines is 3. The molecule has 52 heavy (non-hydrogen) atoms. The monoisotopic (exact) mass is 665 g/mol. The van der Waals surface area contributed by atoms with Crippen LogP contribution in [0, 0.1) is 0 Å². The van der Waals surface area contributed by atoms with Crippen molar-refractivity contribution in [2.75, 3.05) is 4.90 Å². The predicted octanol–water partition coefficient (Wildman–Crippen LogP) is 9.29. The number of benzene rings is 6. The number of fused-ring (bicyclic) bond motifs is 10. The average molecular weight is 666 g/mol. The summed E-state index contributed by atoms with van der Waals surface area (Å²) in [5.74, 6) is 1.17. The highest BCUT2D eigenvalue weighted by Gasteiger charge is 2.69. The van der Waals surface area contributed by atoms with Gasteiger partial charge in [-0.1, -0.05) is 102 Å². The van der Waals surface area contributed by atoms with Crippen molar-refractivity contribution in [3.8, 4) is 33.8 Å². The van der Waals surface area contributed by atoms with Gasteiger partial charge in [0, 0.05) is 22.5 Å². The molecule has 6 aromatic carbocycles. The Hall–Kier alpha value is -6.72. The first-order valence-corrected chi connectivity index (χ1v) is 18.2. The molecule has 1 atom stereocenters. The van der Waals surface area contributed by atoms with Crippen LogP contribution < -0.4 is 14.1 Å². The Balaban J connectivity index is 1.18. The Morgan fingerprint density at radius 3 is 2.15 bits per heavy atom. The van der Waals surface area contributed by atoms with Crippen molar-refractivity contribution in [2.45, 2.75) is 18.5 Å². The van der Waals surface area contributed by atoms with Crippen LogP contribution in [0.25, 0.3) is 55.6 Å². The van der Waals surface area contributed by atoms with E-state index in [4.69, 9.17) is 0 Å². The first-order valence-electron chi connectivity index (χ1n) is 18.2. The van der Waals surface area contributed by atoms with E-state index >= 15 is 0 Å². The molecule has 0 N–H and O–H groups in total. The molecule has 13 rings (SSSR count). The zero-order valence-electron chi connectivity index (χ0n) is 28.2. The van der Waals surface area contributed by atoms with E-state index in [0.717, 1.165) is 12.8 Å². The van der Waals surface area contributed by atoms with Crippen LogP contribution in [0.1, 0.15) is 22.3 Å². The number of pyridine rings is 1. The van der Waals surface area contributed by atoms with Crippen molar-refractivity contribution in [1.82, 2.24) is 9.25 Å². The summed E-state index contributed by atoms with van der Waals surface area (Å²) < 4.78 is 10.0. The molecule has 1 unspecified atom stereocenters. The van der Waals surface area contributed by atoms with Gasteiger partial charge in [-0.15, -0.1) is 4.68 Å². The molecule has 0 amide bonds. The molecule has 7 heterocycles. The molecule has 3 aromatic heterocycles. The molecule has 0 bridgehead atoms. The maximum absolute atomic E-state index is 2.61. The molecule has 0 fully saturated rings. The fraction of sp³-hybridized carbons (Fsp3) is 0.0638. The highest BCUT2D eigenvalue weighted by molar-refractivity contribution is 6.13. The lowest BCUT2D eigenvalue weighted by molar-refractivity contribution is -0.993. The third-order valence-electron chi connectivity index (χ3n) is 12.2. The Morgan fingerprint density at radius 2 is 1.25 bits per heavy atom. The summed E-state index contributed by atoms with van der Waals surface area (Å²) in [4.78, 5) is 2.61. The minimum Gasteiger partial charge on any atom is -0.308 e. The first kappa shape index (κ1) is 27.1. The summed E-state index contributed by atoms with van der Waals surface area (Å²) in [5, 5.41) is 2.57. The Labute approximate surface area is 300 Å². The lowest BCUT2D eigenvalue weighted by Gasteiger charge is -2.39. The van der Waals surface area contributed by atoms with Gasteiger partial charge < -0.3 is 4.90 Å². The Morgan fingerprint density at radius 1 is 0.519 bits per heavy atom. The summed E-state index contributed by atoms with van der Waals surface area (Å²) in [5.41, 5.74) is 17.2. The molecule has 0 saturated heterocycles. The van der Waals surface area contributed by atoms with Crippen molar-refractivity contribution >= 4 is 38.9 Å². The molecule has 0 radical (unpaired) electrons. The number of hydrogen-bond donors (Lipinski definition) is 0. The normalized spacial score (nSPS) is 16.7. The molecular weight excluding hydrogens is 635 g/mol. The summed E-state index contributed by atoms with van der Waals surface area (Å²) in [6.45, 7) is 0. The van der Waals surface area contributed by atoms with Gasteiger partial charge in [-0.25, -0.2) is 0 Å². The lowest BCUT2D eigenvalue weighted by Crippen LogP contribution is -2.77. The van der Waals surface area contributed by atoms with Gasteiger partial charge in [0.2, 0.25) is 6.20 Å². The predicted molar refractivity (Wildman–Crippen MR) is 205 cm³/mol. The van der Waals surface area contributed by atoms with Gasteiger partial charge in [0.25, 0.3) is 5.82 Å².